The van der Waals surface area contributed by atoms with Gasteiger partial charge in [0.2, 0.25) is 0 Å². The van der Waals surface area contributed by atoms with Crippen LogP contribution < -0.4 is 19.7 Å². The number of hydrogen-bond acceptors (Lipinski definition) is 7. The number of methoxy groups -OCH3 is 2. The smallest absolute Gasteiger partial charge is 0.311 e. The number of nitrogens with zero attached hydrogens (tertiary/aromatic N) is 3. The van der Waals surface area contributed by atoms with E-state index in [1.54, 1.807) is 20.3 Å². The third-order valence-electron chi connectivity index (χ3n) is 5.94. The summed E-state index contributed by atoms with van der Waals surface area (Å²) in [5.41, 5.74) is 0.117. The first-order chi connectivity index (χ1) is 13.6. The number of anilines is 3. The molecule has 1 aliphatic heterocycles. The standard InChI is InChI=1S/C20H24N4O4/c1-27-14-5-6-15(16(8-14)28-2)23-17-9-18(22-12-21-17)24-10-13-4-3-7-20(13,11-24)19(25)26/h5-6,8-9,12-13H,3-4,7,10-11H2,1-2H3,(H,25,26)(H,21,22,23)/t13-,20+/m0/s1. The number of fused-ring (bicyclic) bond motifs is 1. The lowest BCUT2D eigenvalue weighted by Crippen LogP contribution is -2.35. The van der Waals surface area contributed by atoms with Crippen molar-refractivity contribution in [3.63, 3.8) is 0 Å². The molecular weight excluding hydrogens is 360 g/mol. The van der Waals surface area contributed by atoms with Gasteiger partial charge in [-0.25, -0.2) is 9.97 Å². The molecule has 28 heavy (non-hydrogen) atoms. The number of hydrogen-bond donors (Lipinski definition) is 2. The van der Waals surface area contributed by atoms with E-state index in [0.29, 0.717) is 30.4 Å². The van der Waals surface area contributed by atoms with Crippen LogP contribution in [0.15, 0.2) is 30.6 Å². The van der Waals surface area contributed by atoms with Crippen molar-refractivity contribution in [3.8, 4) is 11.5 Å². The van der Waals surface area contributed by atoms with E-state index in [2.05, 4.69) is 20.2 Å². The van der Waals surface area contributed by atoms with Gasteiger partial charge in [0, 0.05) is 25.2 Å². The molecule has 8 nitrogen and oxygen atoms in total. The van der Waals surface area contributed by atoms with Crippen molar-refractivity contribution in [1.82, 2.24) is 9.97 Å². The molecule has 0 bridgehead atoms. The molecule has 0 spiro atoms. The molecule has 1 aromatic heterocycles. The summed E-state index contributed by atoms with van der Waals surface area (Å²) in [5, 5.41) is 13.0. The fraction of sp³-hybridized carbons (Fsp3) is 0.450. The minimum absolute atomic E-state index is 0.179. The number of carboxylic acids is 1. The summed E-state index contributed by atoms with van der Waals surface area (Å²) < 4.78 is 10.6. The van der Waals surface area contributed by atoms with Crippen LogP contribution in [0.1, 0.15) is 19.3 Å². The van der Waals surface area contributed by atoms with Gasteiger partial charge < -0.3 is 24.8 Å². The average Bonchev–Trinajstić information content (AvgIpc) is 3.27. The maximum Gasteiger partial charge on any atom is 0.311 e. The second-order valence-corrected chi connectivity index (χ2v) is 7.38. The molecule has 1 aliphatic carbocycles. The van der Waals surface area contributed by atoms with Crippen LogP contribution >= 0.6 is 0 Å². The van der Waals surface area contributed by atoms with Crippen molar-refractivity contribution >= 4 is 23.3 Å². The second kappa shape index (κ2) is 7.18. The quantitative estimate of drug-likeness (QED) is 0.785. The minimum atomic E-state index is -0.687. The lowest BCUT2D eigenvalue weighted by molar-refractivity contribution is -0.149. The number of carboxylic acid groups (broad SMARTS) is 1. The summed E-state index contributed by atoms with van der Waals surface area (Å²) in [5.74, 6) is 2.19. The molecule has 2 heterocycles. The molecule has 2 atom stereocenters. The predicted molar refractivity (Wildman–Crippen MR) is 104 cm³/mol. The summed E-state index contributed by atoms with van der Waals surface area (Å²) in [7, 11) is 3.20. The summed E-state index contributed by atoms with van der Waals surface area (Å²) in [6.07, 6.45) is 4.18. The van der Waals surface area contributed by atoms with Crippen LogP contribution in [0.4, 0.5) is 17.3 Å². The molecule has 2 N–H and O–H groups in total. The molecule has 2 fully saturated rings. The number of aliphatic carboxylic acids is 1. The molecule has 0 radical (unpaired) electrons. The van der Waals surface area contributed by atoms with Gasteiger partial charge in [-0.1, -0.05) is 6.42 Å². The van der Waals surface area contributed by atoms with Gasteiger partial charge in [0.05, 0.1) is 25.3 Å². The largest absolute Gasteiger partial charge is 0.497 e. The van der Waals surface area contributed by atoms with Crippen LogP contribution in [-0.4, -0.2) is 48.4 Å². The highest BCUT2D eigenvalue weighted by Gasteiger charge is 2.55. The number of carbonyl (C=O) groups is 1. The summed E-state index contributed by atoms with van der Waals surface area (Å²) in [6, 6.07) is 7.34. The SMILES string of the molecule is COc1ccc(Nc2cc(N3C[C@@H]4CCC[C@@]4(C(=O)O)C3)ncn2)c(OC)c1. The van der Waals surface area contributed by atoms with Gasteiger partial charge in [0.1, 0.15) is 29.5 Å². The number of nitrogens with one attached hydrogen (secondary N) is 1. The highest BCUT2D eigenvalue weighted by atomic mass is 16.5. The Hall–Kier alpha value is -3.03. The summed E-state index contributed by atoms with van der Waals surface area (Å²) >= 11 is 0. The Morgan fingerprint density at radius 2 is 2.14 bits per heavy atom. The maximum atomic E-state index is 11.9. The maximum absolute atomic E-state index is 11.9. The molecule has 0 amide bonds. The van der Waals surface area contributed by atoms with Crippen LogP contribution in [0.3, 0.4) is 0 Å². The molecule has 1 saturated carbocycles. The first kappa shape index (κ1) is 18.3. The van der Waals surface area contributed by atoms with Gasteiger partial charge in [-0.15, -0.1) is 0 Å². The van der Waals surface area contributed by atoms with Gasteiger partial charge in [-0.2, -0.15) is 0 Å². The molecule has 0 unspecified atom stereocenters. The molecule has 4 rings (SSSR count). The molecule has 2 aromatic rings. The third kappa shape index (κ3) is 3.08. The molecule has 148 valence electrons. The fourth-order valence-electron chi connectivity index (χ4n) is 4.44. The van der Waals surface area contributed by atoms with E-state index in [4.69, 9.17) is 9.47 Å². The van der Waals surface area contributed by atoms with Crippen molar-refractivity contribution < 1.29 is 19.4 Å². The first-order valence-electron chi connectivity index (χ1n) is 9.35. The highest BCUT2D eigenvalue weighted by molar-refractivity contribution is 5.78. The van der Waals surface area contributed by atoms with Crippen molar-refractivity contribution in [2.24, 2.45) is 11.3 Å². The number of aromatic nitrogens is 2. The van der Waals surface area contributed by atoms with Crippen LogP contribution in [-0.2, 0) is 4.79 Å². The summed E-state index contributed by atoms with van der Waals surface area (Å²) in [6.45, 7) is 1.21. The highest BCUT2D eigenvalue weighted by Crippen LogP contribution is 2.49. The zero-order valence-electron chi connectivity index (χ0n) is 16.0. The van der Waals surface area contributed by atoms with E-state index >= 15 is 0 Å². The van der Waals surface area contributed by atoms with Crippen LogP contribution in [0.25, 0.3) is 0 Å². The number of rotatable bonds is 6. The fourth-order valence-corrected chi connectivity index (χ4v) is 4.44. The molecule has 1 saturated heterocycles. The zero-order valence-corrected chi connectivity index (χ0v) is 16.0. The van der Waals surface area contributed by atoms with Crippen molar-refractivity contribution in [2.45, 2.75) is 19.3 Å². The van der Waals surface area contributed by atoms with E-state index in [1.165, 1.54) is 6.33 Å². The van der Waals surface area contributed by atoms with Gasteiger partial charge in [-0.05, 0) is 30.9 Å². The van der Waals surface area contributed by atoms with Crippen LogP contribution in [0, 0.1) is 11.3 Å². The molecule has 1 aromatic carbocycles. The Balaban J connectivity index is 1.56. The van der Waals surface area contributed by atoms with Crippen molar-refractivity contribution in [2.75, 3.05) is 37.5 Å². The van der Waals surface area contributed by atoms with E-state index in [-0.39, 0.29) is 5.92 Å². The third-order valence-corrected chi connectivity index (χ3v) is 5.94. The van der Waals surface area contributed by atoms with E-state index in [1.807, 2.05) is 18.2 Å². The first-order valence-corrected chi connectivity index (χ1v) is 9.35. The lowest BCUT2D eigenvalue weighted by Gasteiger charge is -2.23. The second-order valence-electron chi connectivity index (χ2n) is 7.38. The van der Waals surface area contributed by atoms with Crippen LogP contribution in [0.5, 0.6) is 11.5 Å². The van der Waals surface area contributed by atoms with E-state index in [9.17, 15) is 9.90 Å². The monoisotopic (exact) mass is 384 g/mol. The number of benzene rings is 1. The summed E-state index contributed by atoms with van der Waals surface area (Å²) in [4.78, 5) is 22.7. The average molecular weight is 384 g/mol. The van der Waals surface area contributed by atoms with Crippen LogP contribution in [0.2, 0.25) is 0 Å². The Morgan fingerprint density at radius 3 is 2.86 bits per heavy atom. The predicted octanol–water partition coefficient (Wildman–Crippen LogP) is 2.93. The minimum Gasteiger partial charge on any atom is -0.497 e. The Labute approximate surface area is 163 Å². The van der Waals surface area contributed by atoms with E-state index < -0.39 is 11.4 Å². The Morgan fingerprint density at radius 1 is 1.29 bits per heavy atom. The van der Waals surface area contributed by atoms with E-state index in [0.717, 1.165) is 30.8 Å². The molecular formula is C20H24N4O4. The normalized spacial score (nSPS) is 23.4. The zero-order chi connectivity index (χ0) is 19.7. The topological polar surface area (TPSA) is 96.8 Å². The molecule has 8 heteroatoms. The van der Waals surface area contributed by atoms with Gasteiger partial charge in [0.25, 0.3) is 0 Å². The van der Waals surface area contributed by atoms with Crippen molar-refractivity contribution in [1.29, 1.82) is 0 Å². The number of ether oxygens (including phenoxy) is 2. The van der Waals surface area contributed by atoms with Crippen molar-refractivity contribution in [3.05, 3.63) is 30.6 Å². The van der Waals surface area contributed by atoms with Gasteiger partial charge in [-0.3, -0.25) is 4.79 Å². The van der Waals surface area contributed by atoms with Gasteiger partial charge >= 0.3 is 5.97 Å². The Bertz CT molecular complexity index is 890. The lowest BCUT2D eigenvalue weighted by atomic mass is 9.81. The Kier molecular flexibility index (Phi) is 4.70. The van der Waals surface area contributed by atoms with Gasteiger partial charge in [0.15, 0.2) is 0 Å². The molecule has 2 aliphatic rings.